The van der Waals surface area contributed by atoms with Crippen LogP contribution in [0.1, 0.15) is 44.6 Å². The van der Waals surface area contributed by atoms with E-state index in [2.05, 4.69) is 23.2 Å². The Morgan fingerprint density at radius 2 is 2.29 bits per heavy atom. The minimum absolute atomic E-state index is 0.639. The molecule has 1 aromatic heterocycles. The van der Waals surface area contributed by atoms with Crippen molar-refractivity contribution < 1.29 is 4.74 Å². The molecule has 2 heterocycles. The highest BCUT2D eigenvalue weighted by Gasteiger charge is 2.22. The first-order valence-corrected chi connectivity index (χ1v) is 8.27. The van der Waals surface area contributed by atoms with Gasteiger partial charge in [0.25, 0.3) is 0 Å². The number of nitrogens with zero attached hydrogens (tertiary/aromatic N) is 2. The Labute approximate surface area is 128 Å². The Kier molecular flexibility index (Phi) is 6.96. The second-order valence-corrected chi connectivity index (χ2v) is 5.76. The first-order chi connectivity index (χ1) is 10.4. The molecule has 0 aliphatic carbocycles. The van der Waals surface area contributed by atoms with E-state index in [1.165, 1.54) is 43.5 Å². The quantitative estimate of drug-likeness (QED) is 0.784. The third-order valence-corrected chi connectivity index (χ3v) is 4.29. The lowest BCUT2D eigenvalue weighted by atomic mass is 10.1. The van der Waals surface area contributed by atoms with Crippen LogP contribution in [0.25, 0.3) is 0 Å². The summed E-state index contributed by atoms with van der Waals surface area (Å²) in [6, 6.07) is 4.87. The predicted octanol–water partition coefficient (Wildman–Crippen LogP) is 2.98. The molecular weight excluding hydrogens is 262 g/mol. The van der Waals surface area contributed by atoms with Gasteiger partial charge in [-0.2, -0.15) is 0 Å². The van der Waals surface area contributed by atoms with Crippen molar-refractivity contribution in [1.82, 2.24) is 10.3 Å². The van der Waals surface area contributed by atoms with Crippen LogP contribution in [0.2, 0.25) is 0 Å². The van der Waals surface area contributed by atoms with Crippen molar-refractivity contribution in [2.24, 2.45) is 0 Å². The molecule has 1 saturated heterocycles. The van der Waals surface area contributed by atoms with Crippen LogP contribution in [0.4, 0.5) is 5.82 Å². The highest BCUT2D eigenvalue weighted by Crippen LogP contribution is 2.26. The smallest absolute Gasteiger partial charge is 0.133 e. The molecule has 1 aromatic rings. The minimum Gasteiger partial charge on any atom is -0.383 e. The summed E-state index contributed by atoms with van der Waals surface area (Å²) in [5.41, 5.74) is 1.30. The highest BCUT2D eigenvalue weighted by atomic mass is 16.5. The summed E-state index contributed by atoms with van der Waals surface area (Å²) in [5, 5.41) is 3.44. The molecule has 1 aliphatic rings. The zero-order valence-corrected chi connectivity index (χ0v) is 13.5. The number of methoxy groups -OCH3 is 1. The summed E-state index contributed by atoms with van der Waals surface area (Å²) in [6.45, 7) is 5.92. The molecule has 1 N–H and O–H groups in total. The zero-order chi connectivity index (χ0) is 14.9. The lowest BCUT2D eigenvalue weighted by molar-refractivity contribution is 0.199. The zero-order valence-electron chi connectivity index (χ0n) is 13.5. The number of anilines is 1. The fraction of sp³-hybridized carbons (Fsp3) is 0.706. The number of pyridine rings is 1. The maximum Gasteiger partial charge on any atom is 0.133 e. The van der Waals surface area contributed by atoms with E-state index in [9.17, 15) is 0 Å². The van der Waals surface area contributed by atoms with E-state index in [1.54, 1.807) is 7.11 Å². The van der Waals surface area contributed by atoms with Crippen LogP contribution in [-0.2, 0) is 11.3 Å². The molecule has 0 amide bonds. The Balaban J connectivity index is 2.09. The van der Waals surface area contributed by atoms with Gasteiger partial charge in [0.15, 0.2) is 0 Å². The van der Waals surface area contributed by atoms with E-state index < -0.39 is 0 Å². The van der Waals surface area contributed by atoms with Crippen LogP contribution in [0.15, 0.2) is 18.3 Å². The van der Waals surface area contributed by atoms with Crippen LogP contribution < -0.4 is 10.2 Å². The first-order valence-electron chi connectivity index (χ1n) is 8.27. The van der Waals surface area contributed by atoms with Crippen LogP contribution in [-0.4, -0.2) is 37.8 Å². The Morgan fingerprint density at radius 1 is 1.38 bits per heavy atom. The Morgan fingerprint density at radius 3 is 3.10 bits per heavy atom. The van der Waals surface area contributed by atoms with Gasteiger partial charge in [0.1, 0.15) is 5.82 Å². The van der Waals surface area contributed by atoms with Gasteiger partial charge in [-0.25, -0.2) is 4.98 Å². The summed E-state index contributed by atoms with van der Waals surface area (Å²) < 4.78 is 5.09. The van der Waals surface area contributed by atoms with Gasteiger partial charge < -0.3 is 15.0 Å². The van der Waals surface area contributed by atoms with Gasteiger partial charge in [0.2, 0.25) is 0 Å². The molecule has 21 heavy (non-hydrogen) atoms. The Hall–Kier alpha value is -1.13. The monoisotopic (exact) mass is 291 g/mol. The number of aromatic nitrogens is 1. The maximum absolute atomic E-state index is 5.09. The largest absolute Gasteiger partial charge is 0.383 e. The van der Waals surface area contributed by atoms with Gasteiger partial charge >= 0.3 is 0 Å². The summed E-state index contributed by atoms with van der Waals surface area (Å²) in [4.78, 5) is 7.24. The van der Waals surface area contributed by atoms with E-state index in [0.29, 0.717) is 6.04 Å². The van der Waals surface area contributed by atoms with Gasteiger partial charge in [-0.05, 0) is 25.3 Å². The SMILES string of the molecule is CCC1CCCCCN1c1ncccc1CNCCOC. The number of nitrogens with one attached hydrogen (secondary N) is 1. The van der Waals surface area contributed by atoms with E-state index >= 15 is 0 Å². The van der Waals surface area contributed by atoms with Crippen LogP contribution in [0.5, 0.6) is 0 Å². The molecule has 118 valence electrons. The van der Waals surface area contributed by atoms with Crippen molar-refractivity contribution in [1.29, 1.82) is 0 Å². The topological polar surface area (TPSA) is 37.4 Å². The number of hydrogen-bond donors (Lipinski definition) is 1. The molecular formula is C17H29N3O. The summed E-state index contributed by atoms with van der Waals surface area (Å²) in [7, 11) is 1.74. The van der Waals surface area contributed by atoms with Gasteiger partial charge in [0, 0.05) is 44.5 Å². The average Bonchev–Trinajstić information content (AvgIpc) is 2.77. The van der Waals surface area contributed by atoms with Gasteiger partial charge in [-0.15, -0.1) is 0 Å². The first kappa shape index (κ1) is 16.2. The number of hydrogen-bond acceptors (Lipinski definition) is 4. The van der Waals surface area contributed by atoms with Crippen LogP contribution in [0.3, 0.4) is 0 Å². The molecule has 1 fully saturated rings. The van der Waals surface area contributed by atoms with Gasteiger partial charge in [0.05, 0.1) is 6.61 Å². The molecule has 0 aromatic carbocycles. The third-order valence-electron chi connectivity index (χ3n) is 4.29. The van der Waals surface area contributed by atoms with Crippen molar-refractivity contribution in [2.75, 3.05) is 31.7 Å². The molecule has 0 bridgehead atoms. The molecule has 0 radical (unpaired) electrons. The normalized spacial score (nSPS) is 19.5. The van der Waals surface area contributed by atoms with E-state index in [1.807, 2.05) is 12.3 Å². The fourth-order valence-corrected chi connectivity index (χ4v) is 3.10. The second-order valence-electron chi connectivity index (χ2n) is 5.76. The van der Waals surface area contributed by atoms with E-state index in [0.717, 1.165) is 26.2 Å². The molecule has 4 nitrogen and oxygen atoms in total. The molecule has 0 saturated carbocycles. The minimum atomic E-state index is 0.639. The van der Waals surface area contributed by atoms with E-state index in [-0.39, 0.29) is 0 Å². The average molecular weight is 291 g/mol. The van der Waals surface area contributed by atoms with Crippen LogP contribution in [0, 0.1) is 0 Å². The van der Waals surface area contributed by atoms with Gasteiger partial charge in [-0.1, -0.05) is 25.8 Å². The molecule has 1 unspecified atom stereocenters. The lowest BCUT2D eigenvalue weighted by Gasteiger charge is -2.32. The highest BCUT2D eigenvalue weighted by molar-refractivity contribution is 5.47. The van der Waals surface area contributed by atoms with Crippen molar-refractivity contribution in [3.05, 3.63) is 23.9 Å². The molecule has 4 heteroatoms. The predicted molar refractivity (Wildman–Crippen MR) is 87.7 cm³/mol. The molecule has 2 rings (SSSR count). The van der Waals surface area contributed by atoms with Crippen molar-refractivity contribution in [2.45, 2.75) is 51.6 Å². The lowest BCUT2D eigenvalue weighted by Crippen LogP contribution is -2.36. The number of rotatable bonds is 7. The number of ether oxygens (including phenoxy) is 1. The second kappa shape index (κ2) is 9.00. The van der Waals surface area contributed by atoms with Crippen molar-refractivity contribution in [3.8, 4) is 0 Å². The summed E-state index contributed by atoms with van der Waals surface area (Å²) in [6.07, 6.45) is 8.40. The molecule has 1 aliphatic heterocycles. The van der Waals surface area contributed by atoms with Gasteiger partial charge in [-0.3, -0.25) is 0 Å². The maximum atomic E-state index is 5.09. The summed E-state index contributed by atoms with van der Waals surface area (Å²) >= 11 is 0. The van der Waals surface area contributed by atoms with E-state index in [4.69, 9.17) is 9.72 Å². The Bertz CT molecular complexity index is 411. The molecule has 0 spiro atoms. The van der Waals surface area contributed by atoms with Crippen molar-refractivity contribution in [3.63, 3.8) is 0 Å². The fourth-order valence-electron chi connectivity index (χ4n) is 3.10. The van der Waals surface area contributed by atoms with Crippen LogP contribution >= 0.6 is 0 Å². The molecule has 1 atom stereocenters. The summed E-state index contributed by atoms with van der Waals surface area (Å²) in [5.74, 6) is 1.18. The van der Waals surface area contributed by atoms with Crippen molar-refractivity contribution >= 4 is 5.82 Å². The third kappa shape index (κ3) is 4.68. The standard InChI is InChI=1S/C17H29N3O/c1-3-16-9-5-4-6-12-20(16)17-15(8-7-10-19-17)14-18-11-13-21-2/h7-8,10,16,18H,3-6,9,11-14H2,1-2H3.